The highest BCUT2D eigenvalue weighted by Gasteiger charge is 2.40. The minimum absolute atomic E-state index is 0.212. The second-order valence-electron chi connectivity index (χ2n) is 5.72. The average molecular weight is 315 g/mol. The fourth-order valence-electron chi connectivity index (χ4n) is 2.72. The summed E-state index contributed by atoms with van der Waals surface area (Å²) in [6.07, 6.45) is 5.76. The molecule has 1 aromatic rings. The number of aryl methyl sites for hydroxylation is 1. The molecule has 5 nitrogen and oxygen atoms in total. The van der Waals surface area contributed by atoms with Gasteiger partial charge in [-0.25, -0.2) is 13.4 Å². The molecule has 1 N–H and O–H groups in total. The molecule has 0 bridgehead atoms. The van der Waals surface area contributed by atoms with Crippen LogP contribution in [0.4, 0.5) is 0 Å². The number of nitrogens with one attached hydrogen (secondary N) is 1. The first-order valence-corrected chi connectivity index (χ1v) is 9.48. The minimum Gasteiger partial charge on any atom is -0.316 e. The van der Waals surface area contributed by atoms with Crippen LogP contribution in [-0.4, -0.2) is 43.4 Å². The van der Waals surface area contributed by atoms with Gasteiger partial charge in [-0.15, -0.1) is 11.3 Å². The van der Waals surface area contributed by atoms with Crippen molar-refractivity contribution in [3.8, 4) is 0 Å². The van der Waals surface area contributed by atoms with Gasteiger partial charge in [0.05, 0.1) is 11.2 Å². The molecule has 1 saturated carbocycles. The highest BCUT2D eigenvalue weighted by atomic mass is 32.2. The highest BCUT2D eigenvalue weighted by molar-refractivity contribution is 7.91. The maximum atomic E-state index is 12.8. The van der Waals surface area contributed by atoms with Gasteiger partial charge in [0.15, 0.2) is 4.21 Å². The van der Waals surface area contributed by atoms with Crippen LogP contribution in [-0.2, 0) is 10.0 Å². The van der Waals surface area contributed by atoms with Gasteiger partial charge in [-0.2, -0.15) is 4.31 Å². The van der Waals surface area contributed by atoms with Crippen LogP contribution in [0.25, 0.3) is 0 Å². The van der Waals surface area contributed by atoms with E-state index < -0.39 is 10.0 Å². The second-order valence-corrected chi connectivity index (χ2v) is 9.07. The minimum atomic E-state index is -3.35. The summed E-state index contributed by atoms with van der Waals surface area (Å²) >= 11 is 1.27. The van der Waals surface area contributed by atoms with E-state index in [1.54, 1.807) is 4.31 Å². The Hall–Kier alpha value is -0.500. The van der Waals surface area contributed by atoms with E-state index in [0.29, 0.717) is 16.7 Å². The Morgan fingerprint density at radius 3 is 2.80 bits per heavy atom. The molecule has 1 aromatic heterocycles. The molecule has 1 aliphatic heterocycles. The van der Waals surface area contributed by atoms with Crippen molar-refractivity contribution in [1.82, 2.24) is 14.6 Å². The maximum Gasteiger partial charge on any atom is 0.254 e. The number of rotatable bonds is 5. The predicted molar refractivity (Wildman–Crippen MR) is 79.4 cm³/mol. The molecule has 20 heavy (non-hydrogen) atoms. The van der Waals surface area contributed by atoms with E-state index in [2.05, 4.69) is 10.3 Å². The summed E-state index contributed by atoms with van der Waals surface area (Å²) in [6, 6.07) is 0.212. The fraction of sp³-hybridized carbons (Fsp3) is 0.769. The van der Waals surface area contributed by atoms with Gasteiger partial charge in [-0.1, -0.05) is 0 Å². The van der Waals surface area contributed by atoms with E-state index in [-0.39, 0.29) is 6.04 Å². The Kier molecular flexibility index (Phi) is 4.12. The van der Waals surface area contributed by atoms with Crippen molar-refractivity contribution in [2.45, 2.75) is 42.9 Å². The van der Waals surface area contributed by atoms with Crippen molar-refractivity contribution < 1.29 is 8.42 Å². The van der Waals surface area contributed by atoms with E-state index >= 15 is 0 Å². The number of nitrogens with zero attached hydrogens (tertiary/aromatic N) is 2. The topological polar surface area (TPSA) is 62.3 Å². The molecule has 1 aliphatic carbocycles. The van der Waals surface area contributed by atoms with Crippen molar-refractivity contribution in [2.24, 2.45) is 5.92 Å². The number of sulfonamides is 1. The summed E-state index contributed by atoms with van der Waals surface area (Å²) in [5.41, 5.74) is 0. The number of hydrogen-bond donors (Lipinski definition) is 1. The first-order chi connectivity index (χ1) is 9.57. The third kappa shape index (κ3) is 3.05. The summed E-state index contributed by atoms with van der Waals surface area (Å²) in [7, 11) is -3.35. The Morgan fingerprint density at radius 1 is 1.45 bits per heavy atom. The van der Waals surface area contributed by atoms with E-state index in [0.717, 1.165) is 43.8 Å². The Bertz CT molecular complexity index is 560. The summed E-state index contributed by atoms with van der Waals surface area (Å²) in [5.74, 6) is 0.438. The number of aromatic nitrogens is 1. The molecule has 1 unspecified atom stereocenters. The van der Waals surface area contributed by atoms with Crippen molar-refractivity contribution in [3.63, 3.8) is 0 Å². The lowest BCUT2D eigenvalue weighted by Crippen LogP contribution is -2.41. The first kappa shape index (κ1) is 14.4. The van der Waals surface area contributed by atoms with Gasteiger partial charge >= 0.3 is 0 Å². The molecule has 2 fully saturated rings. The fourth-order valence-corrected chi connectivity index (χ4v) is 5.72. The van der Waals surface area contributed by atoms with E-state index in [9.17, 15) is 8.42 Å². The summed E-state index contributed by atoms with van der Waals surface area (Å²) in [5, 5.41) is 4.17. The van der Waals surface area contributed by atoms with Gasteiger partial charge in [-0.3, -0.25) is 0 Å². The van der Waals surface area contributed by atoms with Crippen molar-refractivity contribution in [2.75, 3.05) is 19.6 Å². The molecular formula is C13H21N3O2S2. The third-order valence-electron chi connectivity index (χ3n) is 3.95. The lowest BCUT2D eigenvalue weighted by Gasteiger charge is -2.29. The largest absolute Gasteiger partial charge is 0.316 e. The van der Waals surface area contributed by atoms with Crippen LogP contribution in [0.15, 0.2) is 10.4 Å². The summed E-state index contributed by atoms with van der Waals surface area (Å²) < 4.78 is 27.7. The summed E-state index contributed by atoms with van der Waals surface area (Å²) in [4.78, 5) is 4.09. The Labute approximate surface area is 124 Å². The average Bonchev–Trinajstić information content (AvgIpc) is 3.17. The van der Waals surface area contributed by atoms with E-state index in [1.165, 1.54) is 17.5 Å². The molecular weight excluding hydrogens is 294 g/mol. The van der Waals surface area contributed by atoms with Crippen LogP contribution in [0.5, 0.6) is 0 Å². The van der Waals surface area contributed by atoms with Gasteiger partial charge in [0.1, 0.15) is 0 Å². The molecule has 0 radical (unpaired) electrons. The lowest BCUT2D eigenvalue weighted by atomic mass is 10.00. The number of thiazole rings is 1. The Balaban J connectivity index is 1.79. The lowest BCUT2D eigenvalue weighted by molar-refractivity contribution is 0.287. The van der Waals surface area contributed by atoms with Crippen LogP contribution in [0.3, 0.4) is 0 Å². The van der Waals surface area contributed by atoms with Crippen molar-refractivity contribution in [1.29, 1.82) is 0 Å². The zero-order valence-electron chi connectivity index (χ0n) is 11.7. The Morgan fingerprint density at radius 2 is 2.25 bits per heavy atom. The van der Waals surface area contributed by atoms with Crippen LogP contribution in [0, 0.1) is 12.8 Å². The smallest absolute Gasteiger partial charge is 0.254 e. The zero-order chi connectivity index (χ0) is 14.2. The SMILES string of the molecule is Cc1ncc(S(=O)(=O)N(CC2CCCNC2)C2CC2)s1. The van der Waals surface area contributed by atoms with Gasteiger partial charge in [0.25, 0.3) is 10.0 Å². The molecule has 112 valence electrons. The molecule has 2 aliphatic rings. The van der Waals surface area contributed by atoms with Gasteiger partial charge in [-0.05, 0) is 51.6 Å². The van der Waals surface area contributed by atoms with Gasteiger partial charge < -0.3 is 5.32 Å². The molecule has 1 atom stereocenters. The highest BCUT2D eigenvalue weighted by Crippen LogP contribution is 2.34. The van der Waals surface area contributed by atoms with Crippen LogP contribution < -0.4 is 5.32 Å². The van der Waals surface area contributed by atoms with Gasteiger partial charge in [0.2, 0.25) is 0 Å². The molecule has 0 spiro atoms. The molecule has 0 amide bonds. The second kappa shape index (κ2) is 5.71. The molecule has 7 heteroatoms. The number of hydrogen-bond acceptors (Lipinski definition) is 5. The standard InChI is InChI=1S/C13H21N3O2S2/c1-10-15-8-13(19-10)20(17,18)16(12-4-5-12)9-11-3-2-6-14-7-11/h8,11-12,14H,2-7,9H2,1H3. The molecule has 1 saturated heterocycles. The normalized spacial score (nSPS) is 24.2. The third-order valence-corrected chi connectivity index (χ3v) is 7.22. The quantitative estimate of drug-likeness (QED) is 0.896. The molecule has 3 rings (SSSR count). The van der Waals surface area contributed by atoms with E-state index in [1.807, 2.05) is 6.92 Å². The van der Waals surface area contributed by atoms with Crippen LogP contribution >= 0.6 is 11.3 Å². The van der Waals surface area contributed by atoms with Crippen LogP contribution in [0.1, 0.15) is 30.7 Å². The first-order valence-electron chi connectivity index (χ1n) is 7.22. The van der Waals surface area contributed by atoms with E-state index in [4.69, 9.17) is 0 Å². The molecule has 0 aromatic carbocycles. The number of piperidine rings is 1. The van der Waals surface area contributed by atoms with Crippen LogP contribution in [0.2, 0.25) is 0 Å². The zero-order valence-corrected chi connectivity index (χ0v) is 13.3. The monoisotopic (exact) mass is 315 g/mol. The van der Waals surface area contributed by atoms with Crippen molar-refractivity contribution in [3.05, 3.63) is 11.2 Å². The maximum absolute atomic E-state index is 12.8. The summed E-state index contributed by atoms with van der Waals surface area (Å²) in [6.45, 7) is 4.48. The van der Waals surface area contributed by atoms with Gasteiger partial charge in [0, 0.05) is 12.6 Å². The van der Waals surface area contributed by atoms with Crippen molar-refractivity contribution >= 4 is 21.4 Å². The predicted octanol–water partition coefficient (Wildman–Crippen LogP) is 1.60. The molecule has 2 heterocycles.